The van der Waals surface area contributed by atoms with Crippen LogP contribution in [0.25, 0.3) is 0 Å². The number of halogens is 1. The quantitative estimate of drug-likeness (QED) is 0.663. The fourth-order valence-corrected chi connectivity index (χ4v) is 2.94. The summed E-state index contributed by atoms with van der Waals surface area (Å²) < 4.78 is 12.9. The van der Waals surface area contributed by atoms with Crippen molar-refractivity contribution in [2.24, 2.45) is 5.10 Å². The molecule has 1 amide bonds. The van der Waals surface area contributed by atoms with Crippen molar-refractivity contribution in [2.75, 3.05) is 37.6 Å². The minimum Gasteiger partial charge on any atom is -0.369 e. The van der Waals surface area contributed by atoms with Crippen molar-refractivity contribution in [3.05, 3.63) is 66.0 Å². The molecule has 6 heteroatoms. The first-order valence-corrected chi connectivity index (χ1v) is 8.73. The third kappa shape index (κ3) is 4.89. The highest BCUT2D eigenvalue weighted by molar-refractivity contribution is 5.99. The zero-order chi connectivity index (χ0) is 18.4. The van der Waals surface area contributed by atoms with Gasteiger partial charge in [0.15, 0.2) is 0 Å². The molecule has 1 fully saturated rings. The van der Waals surface area contributed by atoms with Crippen molar-refractivity contribution in [1.82, 2.24) is 10.3 Å². The Balaban J connectivity index is 1.45. The Hall–Kier alpha value is -2.73. The molecule has 1 N–H and O–H groups in total. The Morgan fingerprint density at radius 3 is 2.35 bits per heavy atom. The molecule has 26 heavy (non-hydrogen) atoms. The summed E-state index contributed by atoms with van der Waals surface area (Å²) in [4.78, 5) is 16.6. The fraction of sp³-hybridized carbons (Fsp3) is 0.300. The highest BCUT2D eigenvalue weighted by Crippen LogP contribution is 2.15. The Bertz CT molecular complexity index is 753. The topological polar surface area (TPSA) is 47.9 Å². The van der Waals surface area contributed by atoms with E-state index in [1.165, 1.54) is 17.8 Å². The van der Waals surface area contributed by atoms with E-state index in [2.05, 4.69) is 32.5 Å². The lowest BCUT2D eigenvalue weighted by Crippen LogP contribution is -2.49. The highest BCUT2D eigenvalue weighted by atomic mass is 19.1. The number of hydrogen-bond donors (Lipinski definition) is 1. The number of benzene rings is 2. The lowest BCUT2D eigenvalue weighted by molar-refractivity contribution is -0.122. The predicted octanol–water partition coefficient (Wildman–Crippen LogP) is 2.49. The van der Waals surface area contributed by atoms with Gasteiger partial charge in [-0.1, -0.05) is 30.3 Å². The van der Waals surface area contributed by atoms with Gasteiger partial charge in [-0.2, -0.15) is 5.10 Å². The molecule has 1 saturated heterocycles. The van der Waals surface area contributed by atoms with Gasteiger partial charge in [0.05, 0.1) is 12.3 Å². The zero-order valence-electron chi connectivity index (χ0n) is 14.9. The molecule has 3 rings (SSSR count). The van der Waals surface area contributed by atoms with Crippen molar-refractivity contribution >= 4 is 17.3 Å². The minimum atomic E-state index is -0.291. The number of rotatable bonds is 5. The average Bonchev–Trinajstić information content (AvgIpc) is 2.68. The van der Waals surface area contributed by atoms with E-state index in [1.54, 1.807) is 19.1 Å². The second-order valence-electron chi connectivity index (χ2n) is 6.34. The zero-order valence-corrected chi connectivity index (χ0v) is 14.9. The smallest absolute Gasteiger partial charge is 0.254 e. The Morgan fingerprint density at radius 1 is 1.04 bits per heavy atom. The monoisotopic (exact) mass is 354 g/mol. The first-order valence-electron chi connectivity index (χ1n) is 8.73. The number of amides is 1. The number of hydrogen-bond acceptors (Lipinski definition) is 4. The van der Waals surface area contributed by atoms with Gasteiger partial charge in [0.1, 0.15) is 5.82 Å². The van der Waals surface area contributed by atoms with Crippen molar-refractivity contribution in [2.45, 2.75) is 6.92 Å². The van der Waals surface area contributed by atoms with Crippen LogP contribution in [-0.4, -0.2) is 49.2 Å². The van der Waals surface area contributed by atoms with E-state index in [0.717, 1.165) is 31.7 Å². The Morgan fingerprint density at radius 2 is 1.69 bits per heavy atom. The molecule has 1 heterocycles. The summed E-state index contributed by atoms with van der Waals surface area (Å²) in [6.45, 7) is 5.57. The number of nitrogens with one attached hydrogen (secondary N) is 1. The predicted molar refractivity (Wildman–Crippen MR) is 102 cm³/mol. The second kappa shape index (κ2) is 8.58. The molecule has 136 valence electrons. The van der Waals surface area contributed by atoms with E-state index in [0.29, 0.717) is 12.3 Å². The van der Waals surface area contributed by atoms with E-state index < -0.39 is 0 Å². The van der Waals surface area contributed by atoms with Crippen LogP contribution in [0.15, 0.2) is 59.7 Å². The molecule has 1 aliphatic heterocycles. The number of piperazine rings is 1. The number of nitrogens with zero attached hydrogens (tertiary/aromatic N) is 3. The summed E-state index contributed by atoms with van der Waals surface area (Å²) >= 11 is 0. The molecule has 0 atom stereocenters. The van der Waals surface area contributed by atoms with E-state index in [-0.39, 0.29) is 11.7 Å². The molecule has 2 aromatic rings. The van der Waals surface area contributed by atoms with Crippen LogP contribution in [0, 0.1) is 5.82 Å². The maximum Gasteiger partial charge on any atom is 0.254 e. The van der Waals surface area contributed by atoms with Gasteiger partial charge in [-0.15, -0.1) is 0 Å². The molecule has 0 aromatic heterocycles. The number of para-hydroxylation sites is 1. The molecule has 5 nitrogen and oxygen atoms in total. The molecule has 0 unspecified atom stereocenters. The van der Waals surface area contributed by atoms with Gasteiger partial charge in [0, 0.05) is 31.9 Å². The minimum absolute atomic E-state index is 0.139. The molecule has 0 aliphatic carbocycles. The summed E-state index contributed by atoms with van der Waals surface area (Å²) in [6, 6.07) is 16.3. The van der Waals surface area contributed by atoms with E-state index in [9.17, 15) is 9.18 Å². The summed E-state index contributed by atoms with van der Waals surface area (Å²) in [6.07, 6.45) is 0. The first-order chi connectivity index (χ1) is 12.6. The third-order valence-electron chi connectivity index (χ3n) is 4.47. The highest BCUT2D eigenvalue weighted by Gasteiger charge is 2.18. The van der Waals surface area contributed by atoms with Crippen LogP contribution in [0.4, 0.5) is 10.1 Å². The number of anilines is 1. The average molecular weight is 354 g/mol. The van der Waals surface area contributed by atoms with Crippen molar-refractivity contribution < 1.29 is 9.18 Å². The Kier molecular flexibility index (Phi) is 5.96. The molecule has 1 aliphatic rings. The van der Waals surface area contributed by atoms with Crippen LogP contribution in [-0.2, 0) is 4.79 Å². The summed E-state index contributed by atoms with van der Waals surface area (Å²) in [7, 11) is 0. The van der Waals surface area contributed by atoms with Gasteiger partial charge in [0.2, 0.25) is 0 Å². The van der Waals surface area contributed by atoms with Gasteiger partial charge in [-0.3, -0.25) is 9.69 Å². The van der Waals surface area contributed by atoms with Gasteiger partial charge in [-0.25, -0.2) is 9.82 Å². The second-order valence-corrected chi connectivity index (χ2v) is 6.34. The summed E-state index contributed by atoms with van der Waals surface area (Å²) in [5.41, 5.74) is 5.23. The van der Waals surface area contributed by atoms with Crippen molar-refractivity contribution in [3.8, 4) is 0 Å². The lowest BCUT2D eigenvalue weighted by Gasteiger charge is -2.35. The fourth-order valence-electron chi connectivity index (χ4n) is 2.94. The third-order valence-corrected chi connectivity index (χ3v) is 4.47. The number of hydrazone groups is 1. The standard InChI is InChI=1S/C20H23FN4O/c1-16(17-7-9-18(21)10-8-17)22-23-20(26)15-24-11-13-25(14-12-24)19-5-3-2-4-6-19/h2-10H,11-15H2,1H3,(H,23,26)/b22-16+. The van der Waals surface area contributed by atoms with E-state index in [1.807, 2.05) is 18.2 Å². The molecule has 0 spiro atoms. The number of carbonyl (C=O) groups excluding carboxylic acids is 1. The van der Waals surface area contributed by atoms with Crippen LogP contribution < -0.4 is 10.3 Å². The van der Waals surface area contributed by atoms with Gasteiger partial charge in [0.25, 0.3) is 5.91 Å². The lowest BCUT2D eigenvalue weighted by atomic mass is 10.1. The van der Waals surface area contributed by atoms with Crippen LogP contribution >= 0.6 is 0 Å². The molecular formula is C20H23FN4O. The molecule has 2 aromatic carbocycles. The summed E-state index contributed by atoms with van der Waals surface area (Å²) in [5, 5.41) is 4.11. The van der Waals surface area contributed by atoms with Gasteiger partial charge >= 0.3 is 0 Å². The molecule has 0 saturated carbocycles. The summed E-state index contributed by atoms with van der Waals surface area (Å²) in [5.74, 6) is -0.431. The van der Waals surface area contributed by atoms with Gasteiger partial charge in [-0.05, 0) is 36.8 Å². The largest absolute Gasteiger partial charge is 0.369 e. The Labute approximate surface area is 153 Å². The van der Waals surface area contributed by atoms with Crippen LogP contribution in [0.2, 0.25) is 0 Å². The van der Waals surface area contributed by atoms with Crippen molar-refractivity contribution in [1.29, 1.82) is 0 Å². The first kappa shape index (κ1) is 18.1. The van der Waals surface area contributed by atoms with Gasteiger partial charge < -0.3 is 4.90 Å². The SMILES string of the molecule is C/C(=N\NC(=O)CN1CCN(c2ccccc2)CC1)c1ccc(F)cc1. The normalized spacial score (nSPS) is 15.8. The van der Waals surface area contributed by atoms with Crippen molar-refractivity contribution in [3.63, 3.8) is 0 Å². The molecule has 0 radical (unpaired) electrons. The van der Waals surface area contributed by atoms with Crippen LogP contribution in [0.1, 0.15) is 12.5 Å². The molecule has 0 bridgehead atoms. The molecular weight excluding hydrogens is 331 g/mol. The van der Waals surface area contributed by atoms with E-state index in [4.69, 9.17) is 0 Å². The van der Waals surface area contributed by atoms with E-state index >= 15 is 0 Å². The maximum absolute atomic E-state index is 12.9. The number of carbonyl (C=O) groups is 1. The van der Waals surface area contributed by atoms with Crippen LogP contribution in [0.5, 0.6) is 0 Å². The van der Waals surface area contributed by atoms with Crippen LogP contribution in [0.3, 0.4) is 0 Å². The maximum atomic E-state index is 12.9.